The molecule has 0 fully saturated rings. The summed E-state index contributed by atoms with van der Waals surface area (Å²) in [5.41, 5.74) is 11.0. The number of hydrogen-bond acceptors (Lipinski definition) is 2. The SMILES string of the molecule is Cc1ccn(CC(N)c2ccc(C)c(C)c2)n1. The van der Waals surface area contributed by atoms with E-state index in [4.69, 9.17) is 5.73 Å². The van der Waals surface area contributed by atoms with E-state index in [0.29, 0.717) is 0 Å². The topological polar surface area (TPSA) is 43.8 Å². The van der Waals surface area contributed by atoms with Crippen molar-refractivity contribution in [1.82, 2.24) is 9.78 Å². The van der Waals surface area contributed by atoms with Gasteiger partial charge in [-0.1, -0.05) is 18.2 Å². The molecule has 1 aromatic carbocycles. The van der Waals surface area contributed by atoms with Gasteiger partial charge in [0.1, 0.15) is 0 Å². The summed E-state index contributed by atoms with van der Waals surface area (Å²) >= 11 is 0. The second kappa shape index (κ2) is 4.72. The fourth-order valence-electron chi connectivity index (χ4n) is 1.87. The van der Waals surface area contributed by atoms with Gasteiger partial charge in [-0.3, -0.25) is 4.68 Å². The van der Waals surface area contributed by atoms with Crippen molar-refractivity contribution in [2.45, 2.75) is 33.4 Å². The lowest BCUT2D eigenvalue weighted by Crippen LogP contribution is -2.18. The summed E-state index contributed by atoms with van der Waals surface area (Å²) in [4.78, 5) is 0. The van der Waals surface area contributed by atoms with E-state index in [0.717, 1.165) is 12.2 Å². The number of aryl methyl sites for hydroxylation is 3. The van der Waals surface area contributed by atoms with E-state index in [9.17, 15) is 0 Å². The summed E-state index contributed by atoms with van der Waals surface area (Å²) in [6.45, 7) is 6.93. The Morgan fingerprint density at radius 2 is 1.94 bits per heavy atom. The van der Waals surface area contributed by atoms with Crippen molar-refractivity contribution in [3.8, 4) is 0 Å². The highest BCUT2D eigenvalue weighted by Crippen LogP contribution is 2.16. The Labute approximate surface area is 102 Å². The molecule has 17 heavy (non-hydrogen) atoms. The summed E-state index contributed by atoms with van der Waals surface area (Å²) in [6, 6.07) is 8.37. The van der Waals surface area contributed by atoms with Crippen LogP contribution in [0, 0.1) is 20.8 Å². The van der Waals surface area contributed by atoms with Crippen LogP contribution in [0.3, 0.4) is 0 Å². The van der Waals surface area contributed by atoms with Crippen molar-refractivity contribution in [3.63, 3.8) is 0 Å². The minimum atomic E-state index is -0.00593. The Morgan fingerprint density at radius 3 is 2.53 bits per heavy atom. The quantitative estimate of drug-likeness (QED) is 0.878. The fourth-order valence-corrected chi connectivity index (χ4v) is 1.87. The predicted molar refractivity (Wildman–Crippen MR) is 69.8 cm³/mol. The van der Waals surface area contributed by atoms with Crippen LogP contribution in [0.4, 0.5) is 0 Å². The normalized spacial score (nSPS) is 12.7. The minimum Gasteiger partial charge on any atom is -0.322 e. The lowest BCUT2D eigenvalue weighted by Gasteiger charge is -2.13. The lowest BCUT2D eigenvalue weighted by atomic mass is 10.0. The van der Waals surface area contributed by atoms with Crippen molar-refractivity contribution >= 4 is 0 Å². The van der Waals surface area contributed by atoms with Gasteiger partial charge in [0, 0.05) is 12.2 Å². The first-order chi connectivity index (χ1) is 8.06. The molecule has 1 heterocycles. The molecule has 0 aliphatic rings. The van der Waals surface area contributed by atoms with Crippen LogP contribution in [0.15, 0.2) is 30.5 Å². The molecule has 0 bridgehead atoms. The van der Waals surface area contributed by atoms with E-state index >= 15 is 0 Å². The molecule has 3 heteroatoms. The average molecular weight is 229 g/mol. The summed E-state index contributed by atoms with van der Waals surface area (Å²) < 4.78 is 1.90. The molecule has 0 saturated carbocycles. The largest absolute Gasteiger partial charge is 0.322 e. The van der Waals surface area contributed by atoms with Crippen LogP contribution in [-0.4, -0.2) is 9.78 Å². The van der Waals surface area contributed by atoms with Gasteiger partial charge in [0.05, 0.1) is 12.2 Å². The number of nitrogens with two attached hydrogens (primary N) is 1. The van der Waals surface area contributed by atoms with Gasteiger partial charge in [-0.25, -0.2) is 0 Å². The van der Waals surface area contributed by atoms with Crippen LogP contribution in [0.5, 0.6) is 0 Å². The highest BCUT2D eigenvalue weighted by molar-refractivity contribution is 5.31. The maximum absolute atomic E-state index is 6.19. The van der Waals surface area contributed by atoms with E-state index in [1.165, 1.54) is 16.7 Å². The Morgan fingerprint density at radius 1 is 1.18 bits per heavy atom. The zero-order valence-electron chi connectivity index (χ0n) is 10.6. The molecule has 1 unspecified atom stereocenters. The van der Waals surface area contributed by atoms with Crippen LogP contribution in [0.2, 0.25) is 0 Å². The number of nitrogens with zero attached hydrogens (tertiary/aromatic N) is 2. The molecule has 2 N–H and O–H groups in total. The molecule has 0 amide bonds. The molecule has 0 radical (unpaired) electrons. The third-order valence-corrected chi connectivity index (χ3v) is 3.12. The second-order valence-electron chi connectivity index (χ2n) is 4.63. The van der Waals surface area contributed by atoms with Crippen molar-refractivity contribution in [1.29, 1.82) is 0 Å². The van der Waals surface area contributed by atoms with Gasteiger partial charge in [-0.05, 0) is 43.5 Å². The smallest absolute Gasteiger partial charge is 0.0602 e. The van der Waals surface area contributed by atoms with Crippen LogP contribution in [-0.2, 0) is 6.54 Å². The first-order valence-electron chi connectivity index (χ1n) is 5.89. The molecule has 2 rings (SSSR count). The zero-order chi connectivity index (χ0) is 12.4. The van der Waals surface area contributed by atoms with E-state index < -0.39 is 0 Å². The molecule has 1 atom stereocenters. The summed E-state index contributed by atoms with van der Waals surface area (Å²) in [7, 11) is 0. The number of benzene rings is 1. The molecule has 0 saturated heterocycles. The highest BCUT2D eigenvalue weighted by atomic mass is 15.3. The van der Waals surface area contributed by atoms with E-state index in [-0.39, 0.29) is 6.04 Å². The molecule has 0 spiro atoms. The first kappa shape index (κ1) is 11.9. The molecule has 0 aliphatic carbocycles. The molecule has 3 nitrogen and oxygen atoms in total. The highest BCUT2D eigenvalue weighted by Gasteiger charge is 2.08. The third-order valence-electron chi connectivity index (χ3n) is 3.12. The Balaban J connectivity index is 2.14. The van der Waals surface area contributed by atoms with Crippen molar-refractivity contribution < 1.29 is 0 Å². The van der Waals surface area contributed by atoms with Crippen LogP contribution in [0.25, 0.3) is 0 Å². The molecular formula is C14H19N3. The Kier molecular flexibility index (Phi) is 3.29. The van der Waals surface area contributed by atoms with Crippen molar-refractivity contribution in [2.75, 3.05) is 0 Å². The van der Waals surface area contributed by atoms with Gasteiger partial charge in [-0.2, -0.15) is 5.10 Å². The zero-order valence-corrected chi connectivity index (χ0v) is 10.6. The average Bonchev–Trinajstić information content (AvgIpc) is 2.68. The monoisotopic (exact) mass is 229 g/mol. The van der Waals surface area contributed by atoms with Gasteiger partial charge >= 0.3 is 0 Å². The minimum absolute atomic E-state index is 0.00593. The second-order valence-corrected chi connectivity index (χ2v) is 4.63. The maximum atomic E-state index is 6.19. The van der Waals surface area contributed by atoms with Crippen LogP contribution >= 0.6 is 0 Å². The van der Waals surface area contributed by atoms with Gasteiger partial charge in [0.2, 0.25) is 0 Å². The molecular weight excluding hydrogens is 210 g/mol. The van der Waals surface area contributed by atoms with Crippen molar-refractivity contribution in [3.05, 3.63) is 52.8 Å². The van der Waals surface area contributed by atoms with E-state index in [2.05, 4.69) is 37.1 Å². The lowest BCUT2D eigenvalue weighted by molar-refractivity contribution is 0.525. The van der Waals surface area contributed by atoms with E-state index in [1.54, 1.807) is 0 Å². The number of rotatable bonds is 3. The van der Waals surface area contributed by atoms with Crippen LogP contribution in [0.1, 0.15) is 28.4 Å². The predicted octanol–water partition coefficient (Wildman–Crippen LogP) is 2.51. The summed E-state index contributed by atoms with van der Waals surface area (Å²) in [5, 5.41) is 4.35. The fraction of sp³-hybridized carbons (Fsp3) is 0.357. The molecule has 90 valence electrons. The molecule has 1 aromatic heterocycles. The Bertz CT molecular complexity index is 514. The molecule has 2 aromatic rings. The molecule has 0 aliphatic heterocycles. The van der Waals surface area contributed by atoms with Gasteiger partial charge in [-0.15, -0.1) is 0 Å². The van der Waals surface area contributed by atoms with Crippen molar-refractivity contribution in [2.24, 2.45) is 5.73 Å². The number of hydrogen-bond donors (Lipinski definition) is 1. The van der Waals surface area contributed by atoms with Gasteiger partial charge in [0.25, 0.3) is 0 Å². The number of aromatic nitrogens is 2. The third kappa shape index (κ3) is 2.74. The van der Waals surface area contributed by atoms with Crippen LogP contribution < -0.4 is 5.73 Å². The maximum Gasteiger partial charge on any atom is 0.0602 e. The summed E-state index contributed by atoms with van der Waals surface area (Å²) in [6.07, 6.45) is 1.97. The van der Waals surface area contributed by atoms with E-state index in [1.807, 2.05) is 23.9 Å². The standard InChI is InChI=1S/C14H19N3/c1-10-4-5-13(8-11(10)2)14(15)9-17-7-6-12(3)16-17/h4-8,14H,9,15H2,1-3H3. The summed E-state index contributed by atoms with van der Waals surface area (Å²) in [5.74, 6) is 0. The Hall–Kier alpha value is -1.61. The van der Waals surface area contributed by atoms with Gasteiger partial charge < -0.3 is 5.73 Å². The first-order valence-corrected chi connectivity index (χ1v) is 5.89. The van der Waals surface area contributed by atoms with Gasteiger partial charge in [0.15, 0.2) is 0 Å².